The first-order valence-electron chi connectivity index (χ1n) is 9.64. The molecule has 2 heterocycles. The lowest BCUT2D eigenvalue weighted by Crippen LogP contribution is -2.35. The summed E-state index contributed by atoms with van der Waals surface area (Å²) in [6.07, 6.45) is 4.14. The normalized spacial score (nSPS) is 21.4. The van der Waals surface area contributed by atoms with Crippen LogP contribution in [0, 0.1) is 5.92 Å². The summed E-state index contributed by atoms with van der Waals surface area (Å²) in [4.78, 5) is 27.4. The van der Waals surface area contributed by atoms with Crippen molar-refractivity contribution >= 4 is 17.7 Å². The number of aryl methyl sites for hydroxylation is 1. The van der Waals surface area contributed by atoms with Crippen LogP contribution in [0.1, 0.15) is 38.2 Å². The Kier molecular flexibility index (Phi) is 6.14. The number of amides is 2. The Bertz CT molecular complexity index is 626. The third-order valence-electron chi connectivity index (χ3n) is 5.51. The van der Waals surface area contributed by atoms with Crippen molar-refractivity contribution in [3.63, 3.8) is 0 Å². The Morgan fingerprint density at radius 3 is 2.58 bits per heavy atom. The highest BCUT2D eigenvalue weighted by Gasteiger charge is 2.35. The fourth-order valence-electron chi connectivity index (χ4n) is 3.95. The molecule has 0 spiro atoms. The molecule has 0 saturated carbocycles. The molecule has 1 unspecified atom stereocenters. The van der Waals surface area contributed by atoms with E-state index in [0.29, 0.717) is 6.42 Å². The molecule has 0 radical (unpaired) electrons. The van der Waals surface area contributed by atoms with Crippen molar-refractivity contribution in [3.05, 3.63) is 29.8 Å². The van der Waals surface area contributed by atoms with E-state index in [4.69, 9.17) is 5.11 Å². The summed E-state index contributed by atoms with van der Waals surface area (Å²) < 4.78 is 0. The average Bonchev–Trinajstić information content (AvgIpc) is 2.93. The molecule has 0 aromatic heterocycles. The van der Waals surface area contributed by atoms with Gasteiger partial charge in [-0.1, -0.05) is 12.1 Å². The number of carbonyl (C=O) groups is 2. The summed E-state index contributed by atoms with van der Waals surface area (Å²) in [6, 6.07) is 7.96. The molecule has 0 bridgehead atoms. The number of carbonyl (C=O) groups excluding carboxylic acids is 1. The van der Waals surface area contributed by atoms with E-state index in [2.05, 4.69) is 12.2 Å². The number of piperidine rings is 1. The van der Waals surface area contributed by atoms with Crippen LogP contribution in [0.3, 0.4) is 0 Å². The van der Waals surface area contributed by atoms with Crippen LogP contribution in [0.15, 0.2) is 24.3 Å². The number of aliphatic carboxylic acids is 1. The Labute approximate surface area is 155 Å². The van der Waals surface area contributed by atoms with Gasteiger partial charge >= 0.3 is 12.0 Å². The van der Waals surface area contributed by atoms with E-state index in [0.717, 1.165) is 49.8 Å². The van der Waals surface area contributed by atoms with Crippen molar-refractivity contribution in [2.45, 2.75) is 45.1 Å². The Morgan fingerprint density at radius 2 is 1.92 bits per heavy atom. The highest BCUT2D eigenvalue weighted by atomic mass is 16.4. The molecule has 142 valence electrons. The van der Waals surface area contributed by atoms with Crippen molar-refractivity contribution in [2.75, 3.05) is 31.1 Å². The van der Waals surface area contributed by atoms with E-state index < -0.39 is 5.97 Å². The largest absolute Gasteiger partial charge is 0.481 e. The summed E-state index contributed by atoms with van der Waals surface area (Å²) in [5.74, 6) is -0.0660. The van der Waals surface area contributed by atoms with Gasteiger partial charge in [0, 0.05) is 25.2 Å². The highest BCUT2D eigenvalue weighted by Crippen LogP contribution is 2.26. The number of benzene rings is 1. The van der Waals surface area contributed by atoms with Crippen molar-refractivity contribution in [3.8, 4) is 0 Å². The predicted octanol–water partition coefficient (Wildman–Crippen LogP) is 2.72. The van der Waals surface area contributed by atoms with Gasteiger partial charge < -0.3 is 15.3 Å². The molecule has 0 aliphatic carbocycles. The second-order valence-corrected chi connectivity index (χ2v) is 7.49. The van der Waals surface area contributed by atoms with E-state index >= 15 is 0 Å². The fourth-order valence-corrected chi connectivity index (χ4v) is 3.95. The van der Waals surface area contributed by atoms with Crippen molar-refractivity contribution in [1.82, 2.24) is 10.2 Å². The van der Waals surface area contributed by atoms with Crippen molar-refractivity contribution in [2.24, 2.45) is 5.92 Å². The number of rotatable bonds is 7. The minimum absolute atomic E-state index is 0.0877. The zero-order valence-corrected chi connectivity index (χ0v) is 15.5. The van der Waals surface area contributed by atoms with Gasteiger partial charge in [-0.2, -0.15) is 0 Å². The van der Waals surface area contributed by atoms with Crippen LogP contribution >= 0.6 is 0 Å². The summed E-state index contributed by atoms with van der Waals surface area (Å²) in [7, 11) is 0. The zero-order chi connectivity index (χ0) is 18.5. The standard InChI is InChI=1S/C20H29N3O3/c1-15-14-22(13-10-17-8-11-21-12-9-17)20(26)23(15)18-5-2-16(3-6-18)4-7-19(24)25/h2-3,5-6,15,17,21H,4,7-14H2,1H3,(H,24,25). The highest BCUT2D eigenvalue weighted by molar-refractivity contribution is 5.94. The minimum atomic E-state index is -0.790. The van der Waals surface area contributed by atoms with E-state index in [1.165, 1.54) is 12.8 Å². The van der Waals surface area contributed by atoms with Gasteiger partial charge in [0.2, 0.25) is 0 Å². The smallest absolute Gasteiger partial charge is 0.324 e. The van der Waals surface area contributed by atoms with Crippen LogP contribution in [0.4, 0.5) is 10.5 Å². The molecule has 1 aromatic rings. The number of nitrogens with one attached hydrogen (secondary N) is 1. The molecule has 2 amide bonds. The van der Waals surface area contributed by atoms with Gasteiger partial charge in [-0.05, 0) is 69.3 Å². The maximum Gasteiger partial charge on any atom is 0.324 e. The van der Waals surface area contributed by atoms with Gasteiger partial charge in [-0.25, -0.2) is 4.79 Å². The number of hydrogen-bond donors (Lipinski definition) is 2. The van der Waals surface area contributed by atoms with Crippen LogP contribution < -0.4 is 10.2 Å². The zero-order valence-electron chi connectivity index (χ0n) is 15.5. The van der Waals surface area contributed by atoms with E-state index in [9.17, 15) is 9.59 Å². The van der Waals surface area contributed by atoms with Gasteiger partial charge in [0.1, 0.15) is 0 Å². The van der Waals surface area contributed by atoms with Gasteiger partial charge in [-0.15, -0.1) is 0 Å². The number of urea groups is 1. The quantitative estimate of drug-likeness (QED) is 0.785. The molecule has 2 saturated heterocycles. The Balaban J connectivity index is 1.57. The molecule has 6 heteroatoms. The van der Waals surface area contributed by atoms with Gasteiger partial charge in [0.15, 0.2) is 0 Å². The summed E-state index contributed by atoms with van der Waals surface area (Å²) in [5.41, 5.74) is 1.88. The van der Waals surface area contributed by atoms with Crippen LogP contribution in [0.5, 0.6) is 0 Å². The van der Waals surface area contributed by atoms with Crippen LogP contribution in [0.2, 0.25) is 0 Å². The molecule has 2 fully saturated rings. The van der Waals surface area contributed by atoms with Crippen LogP contribution in [-0.2, 0) is 11.2 Å². The second kappa shape index (κ2) is 8.54. The van der Waals surface area contributed by atoms with Gasteiger partial charge in [0.25, 0.3) is 0 Å². The maximum atomic E-state index is 12.9. The number of carboxylic acids is 1. The maximum absolute atomic E-state index is 12.9. The molecule has 6 nitrogen and oxygen atoms in total. The van der Waals surface area contributed by atoms with E-state index in [1.807, 2.05) is 34.1 Å². The van der Waals surface area contributed by atoms with E-state index in [-0.39, 0.29) is 18.5 Å². The number of carboxylic acid groups (broad SMARTS) is 1. The molecule has 2 aliphatic heterocycles. The summed E-state index contributed by atoms with van der Waals surface area (Å²) in [6.45, 7) is 5.87. The first kappa shape index (κ1) is 18.7. The molecule has 1 aromatic carbocycles. The second-order valence-electron chi connectivity index (χ2n) is 7.49. The fraction of sp³-hybridized carbons (Fsp3) is 0.600. The lowest BCUT2D eigenvalue weighted by molar-refractivity contribution is -0.136. The molecule has 3 rings (SSSR count). The van der Waals surface area contributed by atoms with Crippen molar-refractivity contribution in [1.29, 1.82) is 0 Å². The summed E-state index contributed by atoms with van der Waals surface area (Å²) >= 11 is 0. The van der Waals surface area contributed by atoms with Crippen molar-refractivity contribution < 1.29 is 14.7 Å². The van der Waals surface area contributed by atoms with Gasteiger partial charge in [0.05, 0.1) is 6.04 Å². The Hall–Kier alpha value is -2.08. The first-order valence-corrected chi connectivity index (χ1v) is 9.64. The third-order valence-corrected chi connectivity index (χ3v) is 5.51. The molecule has 26 heavy (non-hydrogen) atoms. The summed E-state index contributed by atoms with van der Waals surface area (Å²) in [5, 5.41) is 12.2. The molecule has 2 aliphatic rings. The Morgan fingerprint density at radius 1 is 1.23 bits per heavy atom. The first-order chi connectivity index (χ1) is 12.5. The molecular formula is C20H29N3O3. The number of anilines is 1. The third kappa shape index (κ3) is 4.55. The monoisotopic (exact) mass is 359 g/mol. The molecular weight excluding hydrogens is 330 g/mol. The SMILES string of the molecule is CC1CN(CCC2CCNCC2)C(=O)N1c1ccc(CCC(=O)O)cc1. The lowest BCUT2D eigenvalue weighted by atomic mass is 9.94. The number of nitrogens with zero attached hydrogens (tertiary/aromatic N) is 2. The van der Waals surface area contributed by atoms with Crippen LogP contribution in [0.25, 0.3) is 0 Å². The number of hydrogen-bond acceptors (Lipinski definition) is 3. The topological polar surface area (TPSA) is 72.9 Å². The average molecular weight is 359 g/mol. The molecule has 1 atom stereocenters. The lowest BCUT2D eigenvalue weighted by Gasteiger charge is -2.25. The van der Waals surface area contributed by atoms with Crippen LogP contribution in [-0.4, -0.2) is 54.2 Å². The van der Waals surface area contributed by atoms with E-state index in [1.54, 1.807) is 0 Å². The predicted molar refractivity (Wildman–Crippen MR) is 102 cm³/mol. The van der Waals surface area contributed by atoms with Gasteiger partial charge in [-0.3, -0.25) is 9.69 Å². The molecule has 2 N–H and O–H groups in total. The minimum Gasteiger partial charge on any atom is -0.481 e.